The summed E-state index contributed by atoms with van der Waals surface area (Å²) < 4.78 is 10.7. The van der Waals surface area contributed by atoms with Crippen LogP contribution in [0.5, 0.6) is 0 Å². The highest BCUT2D eigenvalue weighted by Crippen LogP contribution is 2.21. The maximum absolute atomic E-state index is 5.58. The van der Waals surface area contributed by atoms with E-state index in [0.29, 0.717) is 24.9 Å². The van der Waals surface area contributed by atoms with Gasteiger partial charge in [0.1, 0.15) is 6.10 Å². The Morgan fingerprint density at radius 2 is 2.19 bits per heavy atom. The molecule has 0 aliphatic rings. The summed E-state index contributed by atoms with van der Waals surface area (Å²) in [5, 5.41) is 3.96. The van der Waals surface area contributed by atoms with Crippen molar-refractivity contribution in [3.8, 4) is 0 Å². The van der Waals surface area contributed by atoms with E-state index in [9.17, 15) is 0 Å². The van der Waals surface area contributed by atoms with Crippen molar-refractivity contribution in [1.29, 1.82) is 0 Å². The zero-order valence-electron chi connectivity index (χ0n) is 10.3. The van der Waals surface area contributed by atoms with E-state index in [2.05, 4.69) is 17.1 Å². The third-order valence-electron chi connectivity index (χ3n) is 2.44. The first-order chi connectivity index (χ1) is 7.72. The highest BCUT2D eigenvalue weighted by molar-refractivity contribution is 4.96. The summed E-state index contributed by atoms with van der Waals surface area (Å²) in [5.41, 5.74) is 5.55. The molecule has 92 valence electrons. The van der Waals surface area contributed by atoms with Crippen LogP contribution in [-0.4, -0.2) is 23.3 Å². The second-order valence-electron chi connectivity index (χ2n) is 3.86. The third kappa shape index (κ3) is 3.28. The van der Waals surface area contributed by atoms with Crippen molar-refractivity contribution >= 4 is 0 Å². The fourth-order valence-electron chi connectivity index (χ4n) is 1.43. The molecule has 16 heavy (non-hydrogen) atoms. The quantitative estimate of drug-likeness (QED) is 0.771. The van der Waals surface area contributed by atoms with Gasteiger partial charge >= 0.3 is 0 Å². The van der Waals surface area contributed by atoms with Crippen LogP contribution in [0.4, 0.5) is 0 Å². The number of ether oxygens (including phenoxy) is 1. The minimum atomic E-state index is -0.0579. The van der Waals surface area contributed by atoms with Gasteiger partial charge in [-0.15, -0.1) is 0 Å². The van der Waals surface area contributed by atoms with Gasteiger partial charge in [0, 0.05) is 19.1 Å². The lowest BCUT2D eigenvalue weighted by Gasteiger charge is -2.11. The van der Waals surface area contributed by atoms with Gasteiger partial charge in [0.15, 0.2) is 0 Å². The summed E-state index contributed by atoms with van der Waals surface area (Å²) in [6, 6.07) is 0. The molecule has 1 aromatic heterocycles. The van der Waals surface area contributed by atoms with Gasteiger partial charge in [0.2, 0.25) is 11.7 Å². The largest absolute Gasteiger partial charge is 0.370 e. The lowest BCUT2D eigenvalue weighted by Crippen LogP contribution is -2.10. The molecule has 5 heteroatoms. The van der Waals surface area contributed by atoms with Crippen LogP contribution in [0, 0.1) is 0 Å². The molecule has 0 fully saturated rings. The van der Waals surface area contributed by atoms with Crippen molar-refractivity contribution in [3.63, 3.8) is 0 Å². The predicted molar refractivity (Wildman–Crippen MR) is 61.0 cm³/mol. The Bertz CT molecular complexity index is 295. The van der Waals surface area contributed by atoms with Crippen molar-refractivity contribution in [2.24, 2.45) is 5.73 Å². The third-order valence-corrected chi connectivity index (χ3v) is 2.44. The number of hydrogen-bond acceptors (Lipinski definition) is 5. The van der Waals surface area contributed by atoms with Gasteiger partial charge in [-0.2, -0.15) is 4.98 Å². The Balaban J connectivity index is 2.72. The smallest absolute Gasteiger partial charge is 0.230 e. The maximum atomic E-state index is 5.58. The molecule has 0 spiro atoms. The number of nitrogens with two attached hydrogens (primary N) is 1. The lowest BCUT2D eigenvalue weighted by atomic mass is 10.2. The van der Waals surface area contributed by atoms with Gasteiger partial charge in [0.25, 0.3) is 0 Å². The fourth-order valence-corrected chi connectivity index (χ4v) is 1.43. The first kappa shape index (κ1) is 13.1. The van der Waals surface area contributed by atoms with Crippen molar-refractivity contribution in [2.75, 3.05) is 13.2 Å². The van der Waals surface area contributed by atoms with Crippen molar-refractivity contribution < 1.29 is 9.26 Å². The molecule has 1 rings (SSSR count). The zero-order valence-corrected chi connectivity index (χ0v) is 10.3. The van der Waals surface area contributed by atoms with Gasteiger partial charge in [-0.1, -0.05) is 25.4 Å². The van der Waals surface area contributed by atoms with Crippen LogP contribution in [0.1, 0.15) is 57.3 Å². The molecule has 0 saturated heterocycles. The molecular formula is C11H21N3O2. The molecule has 1 heterocycles. The molecule has 2 N–H and O–H groups in total. The predicted octanol–water partition coefficient (Wildman–Crippen LogP) is 2.01. The van der Waals surface area contributed by atoms with E-state index in [1.165, 1.54) is 0 Å². The van der Waals surface area contributed by atoms with Gasteiger partial charge in [-0.25, -0.2) is 0 Å². The molecule has 0 saturated carbocycles. The van der Waals surface area contributed by atoms with E-state index in [0.717, 1.165) is 12.8 Å². The second-order valence-corrected chi connectivity index (χ2v) is 3.86. The van der Waals surface area contributed by atoms with Crippen LogP contribution in [0.15, 0.2) is 4.52 Å². The molecule has 2 atom stereocenters. The molecule has 0 amide bonds. The standard InChI is InChI=1S/C11H21N3O2/c1-4-6-9(15-5-2)10-13-11(16-14-10)8(3)7-12/h8-9H,4-7,12H2,1-3H3. The minimum Gasteiger partial charge on any atom is -0.370 e. The Hall–Kier alpha value is -0.940. The van der Waals surface area contributed by atoms with E-state index >= 15 is 0 Å². The van der Waals surface area contributed by atoms with Crippen molar-refractivity contribution in [2.45, 2.75) is 45.6 Å². The normalized spacial score (nSPS) is 15.0. The summed E-state index contributed by atoms with van der Waals surface area (Å²) >= 11 is 0. The van der Waals surface area contributed by atoms with Crippen LogP contribution in [0.3, 0.4) is 0 Å². The van der Waals surface area contributed by atoms with E-state index in [-0.39, 0.29) is 12.0 Å². The van der Waals surface area contributed by atoms with Crippen LogP contribution >= 0.6 is 0 Å². The van der Waals surface area contributed by atoms with Crippen LogP contribution in [0.2, 0.25) is 0 Å². The second kappa shape index (κ2) is 6.60. The van der Waals surface area contributed by atoms with Gasteiger partial charge in [0.05, 0.1) is 0 Å². The fraction of sp³-hybridized carbons (Fsp3) is 0.818. The maximum Gasteiger partial charge on any atom is 0.230 e. The number of hydrogen-bond donors (Lipinski definition) is 1. The summed E-state index contributed by atoms with van der Waals surface area (Å²) in [6.45, 7) is 7.20. The van der Waals surface area contributed by atoms with Crippen molar-refractivity contribution in [3.05, 3.63) is 11.7 Å². The van der Waals surface area contributed by atoms with Gasteiger partial charge in [-0.05, 0) is 13.3 Å². The molecule has 0 bridgehead atoms. The molecule has 1 aromatic rings. The summed E-state index contributed by atoms with van der Waals surface area (Å²) in [7, 11) is 0. The van der Waals surface area contributed by atoms with Crippen LogP contribution < -0.4 is 5.73 Å². The molecule has 0 aliphatic heterocycles. The lowest BCUT2D eigenvalue weighted by molar-refractivity contribution is 0.0477. The Morgan fingerprint density at radius 3 is 2.75 bits per heavy atom. The van der Waals surface area contributed by atoms with Crippen LogP contribution in [-0.2, 0) is 4.74 Å². The number of nitrogens with zero attached hydrogens (tertiary/aromatic N) is 2. The molecule has 0 radical (unpaired) electrons. The molecular weight excluding hydrogens is 206 g/mol. The van der Waals surface area contributed by atoms with Crippen LogP contribution in [0.25, 0.3) is 0 Å². The van der Waals surface area contributed by atoms with E-state index in [1.54, 1.807) is 0 Å². The SMILES string of the molecule is CCCC(OCC)c1noc(C(C)CN)n1. The topological polar surface area (TPSA) is 74.2 Å². The molecule has 0 aromatic carbocycles. The summed E-state index contributed by atoms with van der Waals surface area (Å²) in [4.78, 5) is 4.34. The Morgan fingerprint density at radius 1 is 1.44 bits per heavy atom. The Kier molecular flexibility index (Phi) is 5.42. The van der Waals surface area contributed by atoms with E-state index in [4.69, 9.17) is 15.0 Å². The van der Waals surface area contributed by atoms with E-state index < -0.39 is 0 Å². The van der Waals surface area contributed by atoms with Crippen molar-refractivity contribution in [1.82, 2.24) is 10.1 Å². The number of rotatable bonds is 7. The van der Waals surface area contributed by atoms with Gasteiger partial charge < -0.3 is 15.0 Å². The molecule has 2 unspecified atom stereocenters. The first-order valence-corrected chi connectivity index (χ1v) is 5.88. The highest BCUT2D eigenvalue weighted by Gasteiger charge is 2.19. The average Bonchev–Trinajstić information content (AvgIpc) is 2.77. The zero-order chi connectivity index (χ0) is 12.0. The minimum absolute atomic E-state index is 0.0579. The van der Waals surface area contributed by atoms with Gasteiger partial charge in [-0.3, -0.25) is 0 Å². The summed E-state index contributed by atoms with van der Waals surface area (Å²) in [5.74, 6) is 1.34. The average molecular weight is 227 g/mol. The Labute approximate surface area is 96.4 Å². The molecule has 0 aliphatic carbocycles. The first-order valence-electron chi connectivity index (χ1n) is 5.88. The number of aromatic nitrogens is 2. The monoisotopic (exact) mass is 227 g/mol. The summed E-state index contributed by atoms with van der Waals surface area (Å²) in [6.07, 6.45) is 1.88. The highest BCUT2D eigenvalue weighted by atomic mass is 16.5. The molecule has 5 nitrogen and oxygen atoms in total. The van der Waals surface area contributed by atoms with E-state index in [1.807, 2.05) is 13.8 Å².